The second kappa shape index (κ2) is 10.2. The first kappa shape index (κ1) is 18.4. The Morgan fingerprint density at radius 1 is 1.18 bits per heavy atom. The van der Waals surface area contributed by atoms with E-state index < -0.39 is 9.84 Å². The quantitative estimate of drug-likeness (QED) is 0.403. The summed E-state index contributed by atoms with van der Waals surface area (Å²) in [6, 6.07) is 8.46. The van der Waals surface area contributed by atoms with Crippen LogP contribution < -0.4 is 10.6 Å². The highest BCUT2D eigenvalue weighted by Crippen LogP contribution is 2.09. The summed E-state index contributed by atoms with van der Waals surface area (Å²) in [5.74, 6) is 0.623. The van der Waals surface area contributed by atoms with Crippen molar-refractivity contribution >= 4 is 15.8 Å². The predicted octanol–water partition coefficient (Wildman–Crippen LogP) is 1.05. The lowest BCUT2D eigenvalue weighted by Gasteiger charge is -2.11. The average molecular weight is 327 g/mol. The molecule has 0 spiro atoms. The molecule has 124 valence electrons. The summed E-state index contributed by atoms with van der Waals surface area (Å²) >= 11 is 0. The number of rotatable bonds is 9. The zero-order valence-corrected chi connectivity index (χ0v) is 14.0. The van der Waals surface area contributed by atoms with Crippen LogP contribution in [-0.4, -0.2) is 53.0 Å². The molecule has 0 saturated carbocycles. The lowest BCUT2D eigenvalue weighted by Crippen LogP contribution is -2.39. The molecule has 6 nitrogen and oxygen atoms in total. The molecule has 1 aromatic carbocycles. The summed E-state index contributed by atoms with van der Waals surface area (Å²) < 4.78 is 29.5. The highest BCUT2D eigenvalue weighted by Gasteiger charge is 2.13. The minimum atomic E-state index is -3.27. The van der Waals surface area contributed by atoms with Crippen molar-refractivity contribution in [3.05, 3.63) is 30.3 Å². The van der Waals surface area contributed by atoms with Crippen LogP contribution in [0.5, 0.6) is 0 Å². The van der Waals surface area contributed by atoms with E-state index in [0.717, 1.165) is 0 Å². The van der Waals surface area contributed by atoms with Crippen LogP contribution in [0.3, 0.4) is 0 Å². The maximum absolute atomic E-state index is 12.2. The number of benzene rings is 1. The third-order valence-corrected chi connectivity index (χ3v) is 4.55. The molecule has 0 amide bonds. The molecule has 0 aliphatic carbocycles. The summed E-state index contributed by atoms with van der Waals surface area (Å²) in [6.07, 6.45) is 0. The van der Waals surface area contributed by atoms with E-state index in [0.29, 0.717) is 43.7 Å². The van der Waals surface area contributed by atoms with Gasteiger partial charge in [0.15, 0.2) is 15.8 Å². The van der Waals surface area contributed by atoms with Gasteiger partial charge in [-0.25, -0.2) is 8.42 Å². The minimum absolute atomic E-state index is 0.0207. The van der Waals surface area contributed by atoms with E-state index in [-0.39, 0.29) is 5.75 Å². The fourth-order valence-electron chi connectivity index (χ4n) is 1.76. The molecule has 7 heteroatoms. The summed E-state index contributed by atoms with van der Waals surface area (Å²) in [5.41, 5.74) is 0. The van der Waals surface area contributed by atoms with Gasteiger partial charge in [0, 0.05) is 19.7 Å². The maximum Gasteiger partial charge on any atom is 0.191 e. The number of sulfone groups is 1. The molecule has 0 aromatic heterocycles. The Hall–Kier alpha value is -1.60. The fraction of sp³-hybridized carbons (Fsp3) is 0.533. The number of guanidine groups is 1. The van der Waals surface area contributed by atoms with Gasteiger partial charge >= 0.3 is 0 Å². The molecule has 0 radical (unpaired) electrons. The molecule has 0 atom stereocenters. The summed E-state index contributed by atoms with van der Waals surface area (Å²) in [7, 11) is -3.27. The van der Waals surface area contributed by atoms with Crippen LogP contribution in [-0.2, 0) is 14.6 Å². The van der Waals surface area contributed by atoms with E-state index >= 15 is 0 Å². The lowest BCUT2D eigenvalue weighted by atomic mass is 10.4. The van der Waals surface area contributed by atoms with Crippen LogP contribution >= 0.6 is 0 Å². The number of nitrogens with zero attached hydrogens (tertiary/aromatic N) is 1. The molecule has 0 bridgehead atoms. The van der Waals surface area contributed by atoms with E-state index in [1.165, 1.54) is 0 Å². The van der Waals surface area contributed by atoms with Crippen LogP contribution in [0.1, 0.15) is 13.8 Å². The largest absolute Gasteiger partial charge is 0.380 e. The minimum Gasteiger partial charge on any atom is -0.380 e. The van der Waals surface area contributed by atoms with Crippen molar-refractivity contribution in [1.29, 1.82) is 0 Å². The predicted molar refractivity (Wildman–Crippen MR) is 89.0 cm³/mol. The van der Waals surface area contributed by atoms with E-state index in [1.54, 1.807) is 30.3 Å². The molecular weight excluding hydrogens is 302 g/mol. The van der Waals surface area contributed by atoms with Gasteiger partial charge in [0.05, 0.1) is 23.8 Å². The SMILES string of the molecule is CCNC(=NCCOCC)NCCS(=O)(=O)c1ccccc1. The van der Waals surface area contributed by atoms with Gasteiger partial charge in [-0.05, 0) is 26.0 Å². The van der Waals surface area contributed by atoms with Crippen LogP contribution in [0.4, 0.5) is 0 Å². The molecular formula is C15H25N3O3S. The Balaban J connectivity index is 2.48. The zero-order chi connectivity index (χ0) is 16.3. The number of hydrogen-bond acceptors (Lipinski definition) is 4. The third kappa shape index (κ3) is 6.91. The van der Waals surface area contributed by atoms with Crippen molar-refractivity contribution in [2.75, 3.05) is 38.6 Å². The van der Waals surface area contributed by atoms with Gasteiger partial charge in [-0.3, -0.25) is 4.99 Å². The first-order valence-corrected chi connectivity index (χ1v) is 9.13. The summed E-state index contributed by atoms with van der Waals surface area (Å²) in [5, 5.41) is 6.10. The van der Waals surface area contributed by atoms with Crippen LogP contribution in [0.15, 0.2) is 40.2 Å². The monoisotopic (exact) mass is 327 g/mol. The molecule has 1 rings (SSSR count). The topological polar surface area (TPSA) is 79.8 Å². The Bertz CT molecular complexity index is 544. The van der Waals surface area contributed by atoms with Gasteiger partial charge in [-0.1, -0.05) is 18.2 Å². The van der Waals surface area contributed by atoms with Crippen molar-refractivity contribution in [1.82, 2.24) is 10.6 Å². The number of nitrogens with one attached hydrogen (secondary N) is 2. The Labute approximate surface area is 132 Å². The van der Waals surface area contributed by atoms with Gasteiger partial charge in [-0.2, -0.15) is 0 Å². The highest BCUT2D eigenvalue weighted by molar-refractivity contribution is 7.91. The highest BCUT2D eigenvalue weighted by atomic mass is 32.2. The molecule has 0 unspecified atom stereocenters. The number of hydrogen-bond donors (Lipinski definition) is 2. The van der Waals surface area contributed by atoms with Crippen LogP contribution in [0.25, 0.3) is 0 Å². The molecule has 0 fully saturated rings. The first-order chi connectivity index (χ1) is 10.6. The zero-order valence-electron chi connectivity index (χ0n) is 13.2. The summed E-state index contributed by atoms with van der Waals surface area (Å²) in [4.78, 5) is 4.66. The number of aliphatic imine (C=N–C) groups is 1. The van der Waals surface area contributed by atoms with E-state index in [9.17, 15) is 8.42 Å². The van der Waals surface area contributed by atoms with Gasteiger partial charge in [0.25, 0.3) is 0 Å². The van der Waals surface area contributed by atoms with Gasteiger partial charge < -0.3 is 15.4 Å². The van der Waals surface area contributed by atoms with Crippen molar-refractivity contribution in [2.24, 2.45) is 4.99 Å². The lowest BCUT2D eigenvalue weighted by molar-refractivity contribution is 0.155. The Morgan fingerprint density at radius 3 is 2.55 bits per heavy atom. The van der Waals surface area contributed by atoms with Crippen molar-refractivity contribution in [3.8, 4) is 0 Å². The molecule has 0 heterocycles. The second-order valence-electron chi connectivity index (χ2n) is 4.52. The molecule has 0 saturated heterocycles. The average Bonchev–Trinajstić information content (AvgIpc) is 2.52. The van der Waals surface area contributed by atoms with Crippen molar-refractivity contribution in [3.63, 3.8) is 0 Å². The second-order valence-corrected chi connectivity index (χ2v) is 6.63. The standard InChI is InChI=1S/C15H25N3O3S/c1-3-16-15(17-10-12-21-4-2)18-11-13-22(19,20)14-8-6-5-7-9-14/h5-9H,3-4,10-13H2,1-2H3,(H2,16,17,18). The Morgan fingerprint density at radius 2 is 1.91 bits per heavy atom. The molecule has 22 heavy (non-hydrogen) atoms. The smallest absolute Gasteiger partial charge is 0.191 e. The Kier molecular flexibility index (Phi) is 8.54. The molecule has 1 aromatic rings. The van der Waals surface area contributed by atoms with Gasteiger partial charge in [0.1, 0.15) is 0 Å². The molecule has 2 N–H and O–H groups in total. The fourth-order valence-corrected chi connectivity index (χ4v) is 2.94. The van der Waals surface area contributed by atoms with Crippen LogP contribution in [0, 0.1) is 0 Å². The molecule has 0 aliphatic heterocycles. The summed E-state index contributed by atoms with van der Waals surface area (Å²) in [6.45, 7) is 6.66. The van der Waals surface area contributed by atoms with Crippen molar-refractivity contribution in [2.45, 2.75) is 18.7 Å². The van der Waals surface area contributed by atoms with E-state index in [4.69, 9.17) is 4.74 Å². The van der Waals surface area contributed by atoms with E-state index in [2.05, 4.69) is 15.6 Å². The van der Waals surface area contributed by atoms with Crippen molar-refractivity contribution < 1.29 is 13.2 Å². The molecule has 0 aliphatic rings. The van der Waals surface area contributed by atoms with Crippen LogP contribution in [0.2, 0.25) is 0 Å². The van der Waals surface area contributed by atoms with Gasteiger partial charge in [0.2, 0.25) is 0 Å². The first-order valence-electron chi connectivity index (χ1n) is 7.48. The number of ether oxygens (including phenoxy) is 1. The third-order valence-electron chi connectivity index (χ3n) is 2.82. The van der Waals surface area contributed by atoms with E-state index in [1.807, 2.05) is 13.8 Å². The normalized spacial score (nSPS) is 12.2. The maximum atomic E-state index is 12.2. The van der Waals surface area contributed by atoms with Gasteiger partial charge in [-0.15, -0.1) is 0 Å².